The highest BCUT2D eigenvalue weighted by Gasteiger charge is 2.27. The molecule has 2 aliphatic heterocycles. The van der Waals surface area contributed by atoms with Crippen molar-refractivity contribution in [3.8, 4) is 0 Å². The lowest BCUT2D eigenvalue weighted by atomic mass is 9.96. The van der Waals surface area contributed by atoms with Crippen molar-refractivity contribution in [3.63, 3.8) is 0 Å². The summed E-state index contributed by atoms with van der Waals surface area (Å²) in [5, 5.41) is 11.7. The molecule has 1 atom stereocenters. The minimum atomic E-state index is 0. The van der Waals surface area contributed by atoms with Crippen molar-refractivity contribution in [1.29, 1.82) is 0 Å². The first-order valence-corrected chi connectivity index (χ1v) is 6.67. The van der Waals surface area contributed by atoms with E-state index in [2.05, 4.69) is 31.9 Å². The van der Waals surface area contributed by atoms with Crippen molar-refractivity contribution in [2.24, 2.45) is 5.92 Å². The van der Waals surface area contributed by atoms with E-state index in [-0.39, 0.29) is 12.4 Å². The molecule has 5 nitrogen and oxygen atoms in total. The van der Waals surface area contributed by atoms with Crippen LogP contribution in [0.3, 0.4) is 0 Å². The molecule has 1 saturated heterocycles. The Morgan fingerprint density at radius 3 is 2.89 bits per heavy atom. The molecule has 0 aromatic carbocycles. The van der Waals surface area contributed by atoms with Crippen LogP contribution in [-0.4, -0.2) is 45.8 Å². The fraction of sp³-hybridized carbons (Fsp3) is 0.833. The van der Waals surface area contributed by atoms with Crippen LogP contribution in [0.4, 0.5) is 0 Å². The first-order chi connectivity index (χ1) is 8.34. The second kappa shape index (κ2) is 5.99. The van der Waals surface area contributed by atoms with Gasteiger partial charge in [-0.1, -0.05) is 0 Å². The van der Waals surface area contributed by atoms with Crippen LogP contribution in [0, 0.1) is 5.92 Å². The normalized spacial score (nSPS) is 25.5. The molecule has 1 unspecified atom stereocenters. The Balaban J connectivity index is 0.00000120. The number of halogens is 1. The van der Waals surface area contributed by atoms with Crippen LogP contribution >= 0.6 is 12.4 Å². The van der Waals surface area contributed by atoms with Gasteiger partial charge in [0, 0.05) is 19.6 Å². The summed E-state index contributed by atoms with van der Waals surface area (Å²) in [6.45, 7) is 8.01. The Bertz CT molecular complexity index is 374. The SMILES string of the molecule is CC1c2nncn2CCN1CC1CCNCC1.Cl. The number of hydrogen-bond donors (Lipinski definition) is 1. The van der Waals surface area contributed by atoms with Crippen molar-refractivity contribution >= 4 is 12.4 Å². The van der Waals surface area contributed by atoms with Crippen LogP contribution in [0.5, 0.6) is 0 Å². The zero-order valence-corrected chi connectivity index (χ0v) is 11.7. The van der Waals surface area contributed by atoms with Crippen LogP contribution in [0.15, 0.2) is 6.33 Å². The zero-order chi connectivity index (χ0) is 11.7. The van der Waals surface area contributed by atoms with Gasteiger partial charge in [-0.3, -0.25) is 4.90 Å². The molecule has 0 saturated carbocycles. The number of rotatable bonds is 2. The van der Waals surface area contributed by atoms with Crippen molar-refractivity contribution in [3.05, 3.63) is 12.2 Å². The van der Waals surface area contributed by atoms with E-state index in [1.165, 1.54) is 32.5 Å². The molecule has 0 aliphatic carbocycles. The largest absolute Gasteiger partial charge is 0.317 e. The summed E-state index contributed by atoms with van der Waals surface area (Å²) in [4.78, 5) is 2.57. The molecule has 1 aromatic rings. The number of hydrogen-bond acceptors (Lipinski definition) is 4. The second-order valence-corrected chi connectivity index (χ2v) is 5.25. The van der Waals surface area contributed by atoms with Gasteiger partial charge >= 0.3 is 0 Å². The second-order valence-electron chi connectivity index (χ2n) is 5.25. The number of fused-ring (bicyclic) bond motifs is 1. The molecule has 0 radical (unpaired) electrons. The first kappa shape index (κ1) is 13.8. The fourth-order valence-electron chi connectivity index (χ4n) is 3.00. The number of nitrogens with zero attached hydrogens (tertiary/aromatic N) is 4. The van der Waals surface area contributed by atoms with E-state index in [1.807, 2.05) is 6.33 Å². The van der Waals surface area contributed by atoms with Crippen LogP contribution in [0.2, 0.25) is 0 Å². The smallest absolute Gasteiger partial charge is 0.149 e. The average Bonchev–Trinajstić information content (AvgIpc) is 2.83. The summed E-state index contributed by atoms with van der Waals surface area (Å²) in [5.74, 6) is 1.98. The zero-order valence-electron chi connectivity index (χ0n) is 10.9. The number of nitrogens with one attached hydrogen (secondary N) is 1. The Morgan fingerprint density at radius 1 is 1.33 bits per heavy atom. The Hall–Kier alpha value is -0.650. The standard InChI is InChI=1S/C12H21N5.ClH/c1-10-12-15-14-9-17(12)7-6-16(10)8-11-2-4-13-5-3-11;/h9-11,13H,2-8H2,1H3;1H. The minimum absolute atomic E-state index is 0. The van der Waals surface area contributed by atoms with Gasteiger partial charge < -0.3 is 9.88 Å². The molecule has 2 aliphatic rings. The van der Waals surface area contributed by atoms with Crippen molar-refractivity contribution < 1.29 is 0 Å². The summed E-state index contributed by atoms with van der Waals surface area (Å²) in [5.41, 5.74) is 0. The van der Waals surface area contributed by atoms with E-state index in [0.29, 0.717) is 6.04 Å². The molecule has 3 rings (SSSR count). The van der Waals surface area contributed by atoms with Crippen molar-refractivity contribution in [2.75, 3.05) is 26.2 Å². The molecule has 6 heteroatoms. The molecule has 0 amide bonds. The van der Waals surface area contributed by atoms with Crippen LogP contribution in [0.1, 0.15) is 31.6 Å². The maximum Gasteiger partial charge on any atom is 0.149 e. The predicted molar refractivity (Wildman–Crippen MR) is 72.9 cm³/mol. The quantitative estimate of drug-likeness (QED) is 0.874. The highest BCUT2D eigenvalue weighted by molar-refractivity contribution is 5.85. The summed E-state index contributed by atoms with van der Waals surface area (Å²) < 4.78 is 2.18. The van der Waals surface area contributed by atoms with E-state index in [1.54, 1.807) is 0 Å². The highest BCUT2D eigenvalue weighted by Crippen LogP contribution is 2.25. The molecular weight excluding hydrogens is 250 g/mol. The van der Waals surface area contributed by atoms with Gasteiger partial charge in [-0.05, 0) is 38.8 Å². The minimum Gasteiger partial charge on any atom is -0.317 e. The van der Waals surface area contributed by atoms with E-state index < -0.39 is 0 Å². The van der Waals surface area contributed by atoms with Gasteiger partial charge in [0.2, 0.25) is 0 Å². The van der Waals surface area contributed by atoms with E-state index in [9.17, 15) is 0 Å². The molecular formula is C12H22ClN5. The van der Waals surface area contributed by atoms with Gasteiger partial charge in [-0.2, -0.15) is 0 Å². The average molecular weight is 272 g/mol. The molecule has 0 bridgehead atoms. The third-order valence-corrected chi connectivity index (χ3v) is 4.15. The van der Waals surface area contributed by atoms with Crippen molar-refractivity contribution in [2.45, 2.75) is 32.4 Å². The molecule has 102 valence electrons. The Kier molecular flexibility index (Phi) is 4.59. The van der Waals surface area contributed by atoms with Gasteiger partial charge in [0.1, 0.15) is 12.2 Å². The summed E-state index contributed by atoms with van der Waals surface area (Å²) >= 11 is 0. The lowest BCUT2D eigenvalue weighted by Crippen LogP contribution is -2.42. The molecule has 18 heavy (non-hydrogen) atoms. The summed E-state index contributed by atoms with van der Waals surface area (Å²) in [7, 11) is 0. The molecule has 0 spiro atoms. The Labute approximate surface area is 114 Å². The summed E-state index contributed by atoms with van der Waals surface area (Å²) in [6, 6.07) is 0.418. The van der Waals surface area contributed by atoms with Gasteiger partial charge in [0.05, 0.1) is 6.04 Å². The molecule has 1 N–H and O–H groups in total. The van der Waals surface area contributed by atoms with E-state index in [0.717, 1.165) is 24.8 Å². The molecule has 1 fully saturated rings. The third-order valence-electron chi connectivity index (χ3n) is 4.15. The van der Waals surface area contributed by atoms with E-state index in [4.69, 9.17) is 0 Å². The fourth-order valence-corrected chi connectivity index (χ4v) is 3.00. The van der Waals surface area contributed by atoms with E-state index >= 15 is 0 Å². The van der Waals surface area contributed by atoms with Crippen LogP contribution in [-0.2, 0) is 6.54 Å². The summed E-state index contributed by atoms with van der Waals surface area (Å²) in [6.07, 6.45) is 4.49. The van der Waals surface area contributed by atoms with Gasteiger partial charge in [0.15, 0.2) is 0 Å². The van der Waals surface area contributed by atoms with Crippen LogP contribution < -0.4 is 5.32 Å². The maximum atomic E-state index is 4.24. The van der Waals surface area contributed by atoms with Crippen LogP contribution in [0.25, 0.3) is 0 Å². The monoisotopic (exact) mass is 271 g/mol. The number of aromatic nitrogens is 3. The first-order valence-electron chi connectivity index (χ1n) is 6.67. The van der Waals surface area contributed by atoms with Crippen molar-refractivity contribution in [1.82, 2.24) is 25.0 Å². The van der Waals surface area contributed by atoms with Gasteiger partial charge in [-0.15, -0.1) is 22.6 Å². The molecule has 3 heterocycles. The van der Waals surface area contributed by atoms with Gasteiger partial charge in [0.25, 0.3) is 0 Å². The molecule has 1 aromatic heterocycles. The lowest BCUT2D eigenvalue weighted by molar-refractivity contribution is 0.128. The third kappa shape index (κ3) is 2.68. The maximum absolute atomic E-state index is 4.24. The Morgan fingerprint density at radius 2 is 2.11 bits per heavy atom. The van der Waals surface area contributed by atoms with Gasteiger partial charge in [-0.25, -0.2) is 0 Å². The predicted octanol–water partition coefficient (Wildman–Crippen LogP) is 1.08. The number of piperidine rings is 1. The highest BCUT2D eigenvalue weighted by atomic mass is 35.5. The topological polar surface area (TPSA) is 46.0 Å². The lowest BCUT2D eigenvalue weighted by Gasteiger charge is -2.36.